The van der Waals surface area contributed by atoms with Gasteiger partial charge in [0.25, 0.3) is 10.1 Å². The first-order valence-corrected chi connectivity index (χ1v) is 10.9. The molecular formula is C20H27NO6S. The molecule has 1 aliphatic rings. The van der Waals surface area contributed by atoms with E-state index in [0.29, 0.717) is 19.5 Å². The van der Waals surface area contributed by atoms with Gasteiger partial charge in [-0.25, -0.2) is 0 Å². The third kappa shape index (κ3) is 7.85. The maximum absolute atomic E-state index is 9.19. The molecule has 2 aromatic carbocycles. The zero-order valence-corrected chi connectivity index (χ0v) is 16.9. The number of nitrogens with one attached hydrogen (secondary N) is 1. The lowest BCUT2D eigenvalue weighted by Crippen LogP contribution is -2.43. The minimum atomic E-state index is -3.67. The van der Waals surface area contributed by atoms with Crippen LogP contribution in [0.3, 0.4) is 0 Å². The van der Waals surface area contributed by atoms with Gasteiger partial charge in [0.1, 0.15) is 6.10 Å². The predicted molar refractivity (Wildman–Crippen MR) is 108 cm³/mol. The summed E-state index contributed by atoms with van der Waals surface area (Å²) in [6.45, 7) is 4.94. The fraction of sp³-hybridized carbons (Fsp3) is 0.400. The van der Waals surface area contributed by atoms with Gasteiger partial charge in [0, 0.05) is 13.1 Å². The fourth-order valence-corrected chi connectivity index (χ4v) is 2.74. The molecule has 1 heterocycles. The molecule has 8 heteroatoms. The number of rotatable bonds is 6. The highest BCUT2D eigenvalue weighted by molar-refractivity contribution is 7.85. The summed E-state index contributed by atoms with van der Waals surface area (Å²) < 4.78 is 43.8. The van der Waals surface area contributed by atoms with Gasteiger partial charge < -0.3 is 19.5 Å². The van der Waals surface area contributed by atoms with Gasteiger partial charge in [-0.05, 0) is 24.6 Å². The third-order valence-corrected chi connectivity index (χ3v) is 3.83. The molecule has 0 amide bonds. The molecule has 1 fully saturated rings. The smallest absolute Gasteiger partial charge is 0.261 e. The largest absolute Gasteiger partial charge is 0.490 e. The van der Waals surface area contributed by atoms with Crippen molar-refractivity contribution in [2.24, 2.45) is 0 Å². The molecule has 2 N–H and O–H groups in total. The zero-order valence-electron chi connectivity index (χ0n) is 16.1. The van der Waals surface area contributed by atoms with Crippen molar-refractivity contribution >= 4 is 10.1 Å². The van der Waals surface area contributed by atoms with E-state index in [9.17, 15) is 8.42 Å². The van der Waals surface area contributed by atoms with Gasteiger partial charge >= 0.3 is 0 Å². The van der Waals surface area contributed by atoms with Gasteiger partial charge in [0.15, 0.2) is 17.6 Å². The Morgan fingerprint density at radius 3 is 2.32 bits per heavy atom. The Morgan fingerprint density at radius 1 is 1.14 bits per heavy atom. The molecule has 3 rings (SSSR count). The summed E-state index contributed by atoms with van der Waals surface area (Å²) in [5.74, 6) is 1.51. The van der Waals surface area contributed by atoms with E-state index in [0.717, 1.165) is 30.2 Å². The normalized spacial score (nSPS) is 17.8. The molecule has 154 valence electrons. The molecule has 0 radical (unpaired) electrons. The average molecular weight is 410 g/mol. The van der Waals surface area contributed by atoms with E-state index in [1.54, 1.807) is 0 Å². The van der Waals surface area contributed by atoms with Gasteiger partial charge in [0.05, 0.1) is 19.5 Å². The van der Waals surface area contributed by atoms with E-state index in [1.807, 2.05) is 49.4 Å². The number of ether oxygens (including phenoxy) is 3. The Kier molecular flexibility index (Phi) is 8.72. The summed E-state index contributed by atoms with van der Waals surface area (Å²) in [5.41, 5.74) is 1.10. The first-order valence-electron chi connectivity index (χ1n) is 9.06. The van der Waals surface area contributed by atoms with E-state index >= 15 is 0 Å². The van der Waals surface area contributed by atoms with Crippen LogP contribution in [0, 0.1) is 0 Å². The summed E-state index contributed by atoms with van der Waals surface area (Å²) in [4.78, 5) is 0. The predicted octanol–water partition coefficient (Wildman–Crippen LogP) is 2.70. The maximum Gasteiger partial charge on any atom is 0.261 e. The number of hydrogen-bond acceptors (Lipinski definition) is 6. The first kappa shape index (κ1) is 22.2. The molecule has 0 aromatic heterocycles. The molecule has 0 spiro atoms. The summed E-state index contributed by atoms with van der Waals surface area (Å²) in [6, 6.07) is 18.0. The first-order chi connectivity index (χ1) is 13.4. The Labute approximate surface area is 166 Å². The molecule has 1 saturated heterocycles. The standard InChI is InChI=1S/C19H23NO3.CH4O3S/c1-2-21-16-10-6-7-11-17(16)23-19(15-8-4-3-5-9-15)18-14-20-12-13-22-18;1-5(2,3)4/h3-11,18-20H,2,12-14H2,1H3;1H3,(H,2,3,4)/t18-,19?;/m0./s1. The van der Waals surface area contributed by atoms with Crippen LogP contribution in [0.1, 0.15) is 18.6 Å². The second-order valence-electron chi connectivity index (χ2n) is 6.18. The summed E-state index contributed by atoms with van der Waals surface area (Å²) in [5, 5.41) is 3.37. The highest BCUT2D eigenvalue weighted by atomic mass is 32.2. The molecule has 1 aliphatic heterocycles. The molecule has 0 bridgehead atoms. The Morgan fingerprint density at radius 2 is 1.75 bits per heavy atom. The summed E-state index contributed by atoms with van der Waals surface area (Å²) in [7, 11) is -3.67. The molecule has 0 aliphatic carbocycles. The summed E-state index contributed by atoms with van der Waals surface area (Å²) in [6.07, 6.45) is 0.513. The molecule has 7 nitrogen and oxygen atoms in total. The second-order valence-corrected chi connectivity index (χ2v) is 7.64. The van der Waals surface area contributed by atoms with Crippen LogP contribution in [0.25, 0.3) is 0 Å². The van der Waals surface area contributed by atoms with Crippen molar-refractivity contribution < 1.29 is 27.2 Å². The van der Waals surface area contributed by atoms with E-state index in [1.165, 1.54) is 0 Å². The van der Waals surface area contributed by atoms with Crippen molar-refractivity contribution in [3.63, 3.8) is 0 Å². The quantitative estimate of drug-likeness (QED) is 0.709. The van der Waals surface area contributed by atoms with Gasteiger partial charge in [-0.2, -0.15) is 8.42 Å². The maximum atomic E-state index is 9.19. The van der Waals surface area contributed by atoms with Gasteiger partial charge in [-0.1, -0.05) is 42.5 Å². The minimum absolute atomic E-state index is 0.0270. The SMILES string of the molecule is CCOc1ccccc1OC(c1ccccc1)[C@@H]1CNCCO1.CS(=O)(=O)O. The monoisotopic (exact) mass is 409 g/mol. The lowest BCUT2D eigenvalue weighted by Gasteiger charge is -2.32. The van der Waals surface area contributed by atoms with E-state index in [2.05, 4.69) is 17.4 Å². The van der Waals surface area contributed by atoms with Crippen molar-refractivity contribution in [1.82, 2.24) is 5.32 Å². The Bertz CT molecular complexity index is 798. The van der Waals surface area contributed by atoms with Crippen molar-refractivity contribution in [2.75, 3.05) is 32.6 Å². The number of para-hydroxylation sites is 2. The van der Waals surface area contributed by atoms with Crippen molar-refractivity contribution in [2.45, 2.75) is 19.1 Å². The topological polar surface area (TPSA) is 94.1 Å². The van der Waals surface area contributed by atoms with Crippen molar-refractivity contribution in [1.29, 1.82) is 0 Å². The third-order valence-electron chi connectivity index (χ3n) is 3.83. The zero-order chi connectivity index (χ0) is 20.4. The van der Waals surface area contributed by atoms with Gasteiger partial charge in [-0.3, -0.25) is 4.55 Å². The average Bonchev–Trinajstić information content (AvgIpc) is 2.67. The van der Waals surface area contributed by atoms with Crippen LogP contribution in [-0.2, 0) is 14.9 Å². The van der Waals surface area contributed by atoms with Crippen LogP contribution in [0.2, 0.25) is 0 Å². The van der Waals surface area contributed by atoms with Gasteiger partial charge in [-0.15, -0.1) is 0 Å². The lowest BCUT2D eigenvalue weighted by molar-refractivity contribution is -0.0439. The van der Waals surface area contributed by atoms with Crippen molar-refractivity contribution in [3.8, 4) is 11.5 Å². The van der Waals surface area contributed by atoms with E-state index < -0.39 is 10.1 Å². The van der Waals surface area contributed by atoms with Crippen LogP contribution in [0.5, 0.6) is 11.5 Å². The summed E-state index contributed by atoms with van der Waals surface area (Å²) >= 11 is 0. The van der Waals surface area contributed by atoms with Crippen molar-refractivity contribution in [3.05, 3.63) is 60.2 Å². The molecule has 1 unspecified atom stereocenters. The van der Waals surface area contributed by atoms with Crippen LogP contribution in [0.4, 0.5) is 0 Å². The second kappa shape index (κ2) is 11.0. The van der Waals surface area contributed by atoms with E-state index in [-0.39, 0.29) is 12.2 Å². The van der Waals surface area contributed by atoms with Crippen LogP contribution >= 0.6 is 0 Å². The van der Waals surface area contributed by atoms with Gasteiger partial charge in [0.2, 0.25) is 0 Å². The Hall–Kier alpha value is -2.13. The fourth-order valence-electron chi connectivity index (χ4n) is 2.74. The number of hydrogen-bond donors (Lipinski definition) is 2. The van der Waals surface area contributed by atoms with E-state index in [4.69, 9.17) is 18.8 Å². The number of morpholine rings is 1. The van der Waals surface area contributed by atoms with Crippen LogP contribution < -0.4 is 14.8 Å². The molecule has 2 atom stereocenters. The minimum Gasteiger partial charge on any atom is -0.490 e. The molecule has 2 aromatic rings. The molecule has 28 heavy (non-hydrogen) atoms. The highest BCUT2D eigenvalue weighted by Crippen LogP contribution is 2.33. The number of benzene rings is 2. The Balaban J connectivity index is 0.000000500. The highest BCUT2D eigenvalue weighted by Gasteiger charge is 2.28. The van der Waals surface area contributed by atoms with Crippen LogP contribution in [-0.4, -0.2) is 51.6 Å². The molecule has 0 saturated carbocycles. The molecular weight excluding hydrogens is 382 g/mol. The van der Waals surface area contributed by atoms with Crippen LogP contribution in [0.15, 0.2) is 54.6 Å². The lowest BCUT2D eigenvalue weighted by atomic mass is 10.0.